The van der Waals surface area contributed by atoms with Gasteiger partial charge in [0.25, 0.3) is 5.91 Å². The molecule has 0 aromatic heterocycles. The van der Waals surface area contributed by atoms with Crippen molar-refractivity contribution >= 4 is 17.7 Å². The predicted molar refractivity (Wildman–Crippen MR) is 68.6 cm³/mol. The van der Waals surface area contributed by atoms with Crippen LogP contribution in [0.15, 0.2) is 0 Å². The van der Waals surface area contributed by atoms with Crippen LogP contribution in [0.3, 0.4) is 0 Å². The fourth-order valence-corrected chi connectivity index (χ4v) is 3.11. The topological polar surface area (TPSA) is 74.7 Å². The number of carbonyl (C=O) groups excluding carboxylic acids is 2. The molecular formula is C14H21NO4. The summed E-state index contributed by atoms with van der Waals surface area (Å²) in [5, 5.41) is 9.14. The lowest BCUT2D eigenvalue weighted by Crippen LogP contribution is -2.51. The standard InChI is InChI=1S/C14H21NO4/c16-12(10-6-2-1-3-7-10)13(17)15-9-5-4-8-11(15)14(18)19/h10-11H,1-9H2,(H,18,19). The molecule has 2 fully saturated rings. The van der Waals surface area contributed by atoms with Crippen molar-refractivity contribution < 1.29 is 19.5 Å². The van der Waals surface area contributed by atoms with Crippen molar-refractivity contribution in [1.29, 1.82) is 0 Å². The number of carboxylic acids is 1. The number of likely N-dealkylation sites (tertiary alicyclic amines) is 1. The third kappa shape index (κ3) is 3.14. The van der Waals surface area contributed by atoms with Crippen molar-refractivity contribution in [2.75, 3.05) is 6.54 Å². The van der Waals surface area contributed by atoms with Gasteiger partial charge in [0.1, 0.15) is 6.04 Å². The first-order chi connectivity index (χ1) is 9.11. The number of hydrogen-bond donors (Lipinski definition) is 1. The number of aliphatic carboxylic acids is 1. The number of Topliss-reactive ketones (excluding diaryl/α,β-unsaturated/α-hetero) is 1. The number of ketones is 1. The summed E-state index contributed by atoms with van der Waals surface area (Å²) in [5.41, 5.74) is 0. The second kappa shape index (κ2) is 6.17. The van der Waals surface area contributed by atoms with E-state index in [0.717, 1.165) is 44.9 Å². The van der Waals surface area contributed by atoms with E-state index in [0.29, 0.717) is 13.0 Å². The number of carbonyl (C=O) groups is 3. The molecule has 2 rings (SSSR count). The molecule has 1 aliphatic heterocycles. The van der Waals surface area contributed by atoms with Crippen molar-refractivity contribution in [2.45, 2.75) is 57.4 Å². The molecule has 1 saturated carbocycles. The van der Waals surface area contributed by atoms with Crippen LogP contribution in [-0.2, 0) is 14.4 Å². The van der Waals surface area contributed by atoms with Gasteiger partial charge in [-0.25, -0.2) is 4.79 Å². The molecule has 0 bridgehead atoms. The van der Waals surface area contributed by atoms with Gasteiger partial charge in [0, 0.05) is 12.5 Å². The summed E-state index contributed by atoms with van der Waals surface area (Å²) in [6.45, 7) is 0.397. The van der Waals surface area contributed by atoms with Crippen LogP contribution in [-0.4, -0.2) is 40.3 Å². The zero-order valence-electron chi connectivity index (χ0n) is 11.1. The SMILES string of the molecule is O=C(C(=O)N1CCCCC1C(=O)O)C1CCCCC1. The summed E-state index contributed by atoms with van der Waals surface area (Å²) in [6, 6.07) is -0.811. The van der Waals surface area contributed by atoms with Gasteiger partial charge >= 0.3 is 5.97 Å². The highest BCUT2D eigenvalue weighted by molar-refractivity contribution is 6.37. The number of carboxylic acid groups (broad SMARTS) is 1. The van der Waals surface area contributed by atoms with Gasteiger partial charge in [-0.1, -0.05) is 19.3 Å². The number of rotatable bonds is 3. The molecule has 0 aromatic carbocycles. The van der Waals surface area contributed by atoms with Crippen molar-refractivity contribution in [2.24, 2.45) is 5.92 Å². The van der Waals surface area contributed by atoms with E-state index in [4.69, 9.17) is 5.11 Å². The molecule has 106 valence electrons. The van der Waals surface area contributed by atoms with E-state index in [1.807, 2.05) is 0 Å². The Morgan fingerprint density at radius 1 is 0.895 bits per heavy atom. The lowest BCUT2D eigenvalue weighted by Gasteiger charge is -2.33. The van der Waals surface area contributed by atoms with Crippen LogP contribution >= 0.6 is 0 Å². The van der Waals surface area contributed by atoms with Crippen molar-refractivity contribution in [3.8, 4) is 0 Å². The Hall–Kier alpha value is -1.39. The minimum absolute atomic E-state index is 0.183. The van der Waals surface area contributed by atoms with E-state index in [1.165, 1.54) is 4.90 Å². The highest BCUT2D eigenvalue weighted by atomic mass is 16.4. The average Bonchev–Trinajstić information content (AvgIpc) is 2.46. The fourth-order valence-electron chi connectivity index (χ4n) is 3.11. The van der Waals surface area contributed by atoms with Gasteiger partial charge in [-0.05, 0) is 32.1 Å². The maximum Gasteiger partial charge on any atom is 0.326 e. The molecule has 1 atom stereocenters. The zero-order chi connectivity index (χ0) is 13.8. The Kier molecular flexibility index (Phi) is 4.56. The molecule has 1 amide bonds. The molecule has 0 aromatic rings. The molecule has 1 saturated heterocycles. The normalized spacial score (nSPS) is 25.1. The monoisotopic (exact) mass is 267 g/mol. The Morgan fingerprint density at radius 2 is 1.53 bits per heavy atom. The molecule has 1 unspecified atom stereocenters. The highest BCUT2D eigenvalue weighted by Gasteiger charge is 2.37. The minimum atomic E-state index is -0.996. The predicted octanol–water partition coefficient (Wildman–Crippen LogP) is 1.60. The summed E-state index contributed by atoms with van der Waals surface area (Å²) >= 11 is 0. The number of nitrogens with zero attached hydrogens (tertiary/aromatic N) is 1. The zero-order valence-corrected chi connectivity index (χ0v) is 11.1. The van der Waals surface area contributed by atoms with E-state index >= 15 is 0 Å². The molecule has 1 N–H and O–H groups in total. The van der Waals surface area contributed by atoms with E-state index in [9.17, 15) is 14.4 Å². The van der Waals surface area contributed by atoms with Crippen LogP contribution in [0.25, 0.3) is 0 Å². The Labute approximate surface area is 113 Å². The summed E-state index contributed by atoms with van der Waals surface area (Å²) in [6.07, 6.45) is 6.70. The number of amides is 1. The number of piperidine rings is 1. The summed E-state index contributed by atoms with van der Waals surface area (Å²) in [5.74, 6) is -2.12. The Balaban J connectivity index is 2.03. The lowest BCUT2D eigenvalue weighted by molar-refractivity contribution is -0.156. The van der Waals surface area contributed by atoms with Gasteiger partial charge in [0.05, 0.1) is 0 Å². The van der Waals surface area contributed by atoms with Gasteiger partial charge < -0.3 is 10.0 Å². The van der Waals surface area contributed by atoms with Crippen LogP contribution in [0.1, 0.15) is 51.4 Å². The lowest BCUT2D eigenvalue weighted by atomic mass is 9.85. The maximum atomic E-state index is 12.2. The highest BCUT2D eigenvalue weighted by Crippen LogP contribution is 2.26. The molecule has 0 spiro atoms. The first-order valence-electron chi connectivity index (χ1n) is 7.19. The molecule has 5 heteroatoms. The molecule has 19 heavy (non-hydrogen) atoms. The van der Waals surface area contributed by atoms with Crippen LogP contribution < -0.4 is 0 Å². The summed E-state index contributed by atoms with van der Waals surface area (Å²) in [4.78, 5) is 36.9. The molecule has 1 heterocycles. The van der Waals surface area contributed by atoms with Gasteiger partial charge in [-0.2, -0.15) is 0 Å². The third-order valence-electron chi connectivity index (χ3n) is 4.24. The average molecular weight is 267 g/mol. The van der Waals surface area contributed by atoms with Crippen molar-refractivity contribution in [3.63, 3.8) is 0 Å². The molecule has 0 radical (unpaired) electrons. The quantitative estimate of drug-likeness (QED) is 0.788. The van der Waals surface area contributed by atoms with Crippen LogP contribution in [0.5, 0.6) is 0 Å². The molecule has 5 nitrogen and oxygen atoms in total. The van der Waals surface area contributed by atoms with Gasteiger partial charge in [-0.15, -0.1) is 0 Å². The largest absolute Gasteiger partial charge is 0.480 e. The minimum Gasteiger partial charge on any atom is -0.480 e. The van der Waals surface area contributed by atoms with Crippen molar-refractivity contribution in [3.05, 3.63) is 0 Å². The van der Waals surface area contributed by atoms with Crippen LogP contribution in [0.4, 0.5) is 0 Å². The first-order valence-corrected chi connectivity index (χ1v) is 7.19. The number of hydrogen-bond acceptors (Lipinski definition) is 3. The van der Waals surface area contributed by atoms with Crippen LogP contribution in [0.2, 0.25) is 0 Å². The van der Waals surface area contributed by atoms with E-state index in [-0.39, 0.29) is 11.7 Å². The summed E-state index contributed by atoms with van der Waals surface area (Å²) in [7, 11) is 0. The Morgan fingerprint density at radius 3 is 2.16 bits per heavy atom. The fraction of sp³-hybridized carbons (Fsp3) is 0.786. The van der Waals surface area contributed by atoms with E-state index in [2.05, 4.69) is 0 Å². The molecule has 2 aliphatic rings. The third-order valence-corrected chi connectivity index (χ3v) is 4.24. The second-order valence-corrected chi connectivity index (χ2v) is 5.55. The van der Waals surface area contributed by atoms with Crippen molar-refractivity contribution in [1.82, 2.24) is 4.90 Å². The van der Waals surface area contributed by atoms with E-state index < -0.39 is 17.9 Å². The first kappa shape index (κ1) is 14.0. The molecular weight excluding hydrogens is 246 g/mol. The van der Waals surface area contributed by atoms with Gasteiger partial charge in [0.2, 0.25) is 5.78 Å². The molecule has 1 aliphatic carbocycles. The van der Waals surface area contributed by atoms with E-state index in [1.54, 1.807) is 0 Å². The van der Waals surface area contributed by atoms with Gasteiger partial charge in [0.15, 0.2) is 0 Å². The summed E-state index contributed by atoms with van der Waals surface area (Å²) < 4.78 is 0. The van der Waals surface area contributed by atoms with Crippen LogP contribution in [0, 0.1) is 5.92 Å². The Bertz CT molecular complexity index is 374. The smallest absolute Gasteiger partial charge is 0.326 e. The second-order valence-electron chi connectivity index (χ2n) is 5.55. The maximum absolute atomic E-state index is 12.2. The van der Waals surface area contributed by atoms with Gasteiger partial charge in [-0.3, -0.25) is 9.59 Å².